The molecule has 2 atom stereocenters. The number of aryl methyl sites for hydroxylation is 1. The molecule has 3 aromatic rings. The van der Waals surface area contributed by atoms with Crippen LogP contribution in [0.15, 0.2) is 40.9 Å². The topological polar surface area (TPSA) is 66.9 Å². The van der Waals surface area contributed by atoms with E-state index in [9.17, 15) is 18.8 Å². The Morgan fingerprint density at radius 1 is 0.838 bits per heavy atom. The molecule has 0 saturated carbocycles. The van der Waals surface area contributed by atoms with E-state index in [0.717, 1.165) is 4.90 Å². The second-order valence-corrected chi connectivity index (χ2v) is 10.8. The number of rotatable bonds is 4. The molecule has 1 fully saturated rings. The number of imide groups is 1. The number of β-lactam (4-membered cyclic amide) rings is 1. The molecule has 12 heteroatoms. The van der Waals surface area contributed by atoms with E-state index in [1.54, 1.807) is 31.2 Å². The first-order chi connectivity index (χ1) is 17.5. The molecule has 0 radical (unpaired) electrons. The van der Waals surface area contributed by atoms with E-state index >= 15 is 0 Å². The van der Waals surface area contributed by atoms with Gasteiger partial charge in [-0.1, -0.05) is 68.4 Å². The Hall–Kier alpha value is -2.36. The van der Waals surface area contributed by atoms with E-state index < -0.39 is 35.6 Å². The predicted molar refractivity (Wildman–Crippen MR) is 143 cm³/mol. The van der Waals surface area contributed by atoms with E-state index in [0.29, 0.717) is 21.3 Å². The van der Waals surface area contributed by atoms with Gasteiger partial charge in [-0.2, -0.15) is 0 Å². The molecule has 37 heavy (non-hydrogen) atoms. The van der Waals surface area contributed by atoms with Crippen LogP contribution in [-0.4, -0.2) is 35.8 Å². The standard InChI is InChI=1S/C25H14BrCl4FN2O4/c1-9-3-5-11(8-13(9)31)32-21(12-7-10(26)4-6-14(12)37-2)22(25(32)36)33-23(34)15-16(24(33)35)18(28)20(30)19(29)17(15)27/h3-8,21-22H,1-2H3/t21-,22+/m1/s1. The Morgan fingerprint density at radius 2 is 1.43 bits per heavy atom. The van der Waals surface area contributed by atoms with E-state index in [2.05, 4.69) is 15.9 Å². The van der Waals surface area contributed by atoms with Crippen LogP contribution < -0.4 is 9.64 Å². The van der Waals surface area contributed by atoms with Crippen LogP contribution in [-0.2, 0) is 4.79 Å². The Labute approximate surface area is 238 Å². The molecule has 2 aliphatic rings. The maximum absolute atomic E-state index is 14.5. The highest BCUT2D eigenvalue weighted by Gasteiger charge is 2.59. The maximum atomic E-state index is 14.5. The Morgan fingerprint density at radius 3 is 1.97 bits per heavy atom. The van der Waals surface area contributed by atoms with Crippen LogP contribution in [0.4, 0.5) is 10.1 Å². The molecule has 0 unspecified atom stereocenters. The smallest absolute Gasteiger partial charge is 0.264 e. The summed E-state index contributed by atoms with van der Waals surface area (Å²) in [6.45, 7) is 1.59. The lowest BCUT2D eigenvalue weighted by molar-refractivity contribution is -0.130. The highest BCUT2D eigenvalue weighted by molar-refractivity contribution is 9.10. The first-order valence-corrected chi connectivity index (χ1v) is 13.0. The molecule has 2 heterocycles. The van der Waals surface area contributed by atoms with Crippen molar-refractivity contribution in [3.63, 3.8) is 0 Å². The lowest BCUT2D eigenvalue weighted by Crippen LogP contribution is -2.67. The number of fused-ring (bicyclic) bond motifs is 1. The van der Waals surface area contributed by atoms with Crippen molar-refractivity contribution in [1.82, 2.24) is 4.90 Å². The third kappa shape index (κ3) is 3.84. The number of benzene rings is 3. The third-order valence-electron chi connectivity index (χ3n) is 6.42. The summed E-state index contributed by atoms with van der Waals surface area (Å²) in [5, 5.41) is -0.852. The van der Waals surface area contributed by atoms with Crippen LogP contribution in [0.25, 0.3) is 0 Å². The summed E-state index contributed by atoms with van der Waals surface area (Å²) in [6, 6.07) is 7.20. The summed E-state index contributed by atoms with van der Waals surface area (Å²) in [4.78, 5) is 42.9. The number of halogens is 6. The molecule has 0 aromatic heterocycles. The molecule has 5 rings (SSSR count). The zero-order valence-electron chi connectivity index (χ0n) is 18.9. The second kappa shape index (κ2) is 9.43. The van der Waals surface area contributed by atoms with Gasteiger partial charge < -0.3 is 9.64 Å². The van der Waals surface area contributed by atoms with Gasteiger partial charge in [0.25, 0.3) is 17.7 Å². The number of amides is 3. The molecule has 0 aliphatic carbocycles. The number of carbonyl (C=O) groups excluding carboxylic acids is 3. The second-order valence-electron chi connectivity index (χ2n) is 8.40. The number of nitrogens with zero attached hydrogens (tertiary/aromatic N) is 2. The minimum absolute atomic E-state index is 0.183. The van der Waals surface area contributed by atoms with Crippen molar-refractivity contribution in [1.29, 1.82) is 0 Å². The SMILES string of the molecule is COc1ccc(Br)cc1[C@@H]1[C@H](N2C(=O)c3c(Cl)c(Cl)c(Cl)c(Cl)c3C2=O)C(=O)N1c1ccc(C)c(F)c1. The van der Waals surface area contributed by atoms with Gasteiger partial charge in [-0.25, -0.2) is 4.39 Å². The predicted octanol–water partition coefficient (Wildman–Crippen LogP) is 7.27. The molecule has 0 N–H and O–H groups in total. The molecule has 3 amide bonds. The van der Waals surface area contributed by atoms with Gasteiger partial charge in [0.1, 0.15) is 17.6 Å². The normalized spacial score (nSPS) is 18.9. The van der Waals surface area contributed by atoms with Gasteiger partial charge in [-0.3, -0.25) is 19.3 Å². The maximum Gasteiger partial charge on any atom is 0.264 e. The molecule has 3 aromatic carbocycles. The zero-order valence-corrected chi connectivity index (χ0v) is 23.5. The van der Waals surface area contributed by atoms with Gasteiger partial charge in [0, 0.05) is 15.7 Å². The minimum atomic E-state index is -1.32. The molecule has 0 bridgehead atoms. The van der Waals surface area contributed by atoms with Crippen LogP contribution in [0.1, 0.15) is 37.9 Å². The summed E-state index contributed by atoms with van der Waals surface area (Å²) >= 11 is 28.2. The summed E-state index contributed by atoms with van der Waals surface area (Å²) in [5.41, 5.74) is 0.642. The zero-order chi connectivity index (χ0) is 26.9. The van der Waals surface area contributed by atoms with E-state index in [4.69, 9.17) is 51.1 Å². The van der Waals surface area contributed by atoms with Crippen molar-refractivity contribution in [3.8, 4) is 5.75 Å². The number of carbonyl (C=O) groups is 3. The number of anilines is 1. The van der Waals surface area contributed by atoms with Crippen molar-refractivity contribution >= 4 is 85.7 Å². The minimum Gasteiger partial charge on any atom is -0.496 e. The quantitative estimate of drug-likeness (QED) is 0.129. The summed E-state index contributed by atoms with van der Waals surface area (Å²) in [5.74, 6) is -2.44. The molecule has 0 spiro atoms. The van der Waals surface area contributed by atoms with Crippen molar-refractivity contribution in [2.24, 2.45) is 0 Å². The van der Waals surface area contributed by atoms with E-state index in [1.165, 1.54) is 24.1 Å². The average molecular weight is 647 g/mol. The van der Waals surface area contributed by atoms with Crippen LogP contribution in [0, 0.1) is 12.7 Å². The Bertz CT molecular complexity index is 1500. The molecular weight excluding hydrogens is 633 g/mol. The lowest BCUT2D eigenvalue weighted by Gasteiger charge is -2.50. The van der Waals surface area contributed by atoms with Crippen molar-refractivity contribution in [3.05, 3.63) is 89.0 Å². The first kappa shape index (κ1) is 26.3. The van der Waals surface area contributed by atoms with Gasteiger partial charge in [0.2, 0.25) is 0 Å². The van der Waals surface area contributed by atoms with Crippen molar-refractivity contribution in [2.45, 2.75) is 19.0 Å². The molecule has 190 valence electrons. The summed E-state index contributed by atoms with van der Waals surface area (Å²) < 4.78 is 20.7. The van der Waals surface area contributed by atoms with Crippen LogP contribution in [0.2, 0.25) is 20.1 Å². The molecule has 2 aliphatic heterocycles. The van der Waals surface area contributed by atoms with Crippen LogP contribution in [0.5, 0.6) is 5.75 Å². The highest BCUT2D eigenvalue weighted by Crippen LogP contribution is 2.50. The number of hydrogen-bond acceptors (Lipinski definition) is 4. The van der Waals surface area contributed by atoms with Gasteiger partial charge in [0.05, 0.1) is 44.4 Å². The summed E-state index contributed by atoms with van der Waals surface area (Å²) in [7, 11) is 1.45. The monoisotopic (exact) mass is 644 g/mol. The van der Waals surface area contributed by atoms with Crippen molar-refractivity contribution < 1.29 is 23.5 Å². The number of hydrogen-bond donors (Lipinski definition) is 0. The van der Waals surface area contributed by atoms with Crippen LogP contribution >= 0.6 is 62.3 Å². The van der Waals surface area contributed by atoms with E-state index in [-0.39, 0.29) is 36.9 Å². The lowest BCUT2D eigenvalue weighted by atomic mass is 9.85. The van der Waals surface area contributed by atoms with Gasteiger partial charge in [-0.05, 0) is 42.8 Å². The average Bonchev–Trinajstić information content (AvgIpc) is 3.12. The summed E-state index contributed by atoms with van der Waals surface area (Å²) in [6.07, 6.45) is 0. The number of methoxy groups -OCH3 is 1. The van der Waals surface area contributed by atoms with Gasteiger partial charge >= 0.3 is 0 Å². The molecular formula is C25H14BrCl4FN2O4. The fourth-order valence-corrected chi connectivity index (χ4v) is 6.00. The van der Waals surface area contributed by atoms with E-state index in [1.807, 2.05) is 0 Å². The first-order valence-electron chi connectivity index (χ1n) is 10.7. The number of ether oxygens (including phenoxy) is 1. The molecule has 1 saturated heterocycles. The molecule has 6 nitrogen and oxygen atoms in total. The third-order valence-corrected chi connectivity index (χ3v) is 8.72. The van der Waals surface area contributed by atoms with Gasteiger partial charge in [-0.15, -0.1) is 0 Å². The van der Waals surface area contributed by atoms with Crippen LogP contribution in [0.3, 0.4) is 0 Å². The largest absolute Gasteiger partial charge is 0.496 e. The fourth-order valence-electron chi connectivity index (χ4n) is 4.61. The van der Waals surface area contributed by atoms with Gasteiger partial charge in [0.15, 0.2) is 0 Å². The Balaban J connectivity index is 1.68. The fraction of sp³-hybridized carbons (Fsp3) is 0.160. The van der Waals surface area contributed by atoms with Crippen molar-refractivity contribution in [2.75, 3.05) is 12.0 Å². The Kier molecular flexibility index (Phi) is 6.69. The highest BCUT2D eigenvalue weighted by atomic mass is 79.9.